The van der Waals surface area contributed by atoms with E-state index >= 15 is 0 Å². The number of carboxylic acid groups (broad SMARTS) is 1. The van der Waals surface area contributed by atoms with Gasteiger partial charge in [-0.1, -0.05) is 6.07 Å². The highest BCUT2D eigenvalue weighted by molar-refractivity contribution is 6.48. The van der Waals surface area contributed by atoms with E-state index in [-0.39, 0.29) is 28.2 Å². The van der Waals surface area contributed by atoms with E-state index in [2.05, 4.69) is 20.7 Å². The molecule has 0 heterocycles. The minimum Gasteiger partial charge on any atom is -0.507 e. The zero-order chi connectivity index (χ0) is 31.4. The maximum absolute atomic E-state index is 14.0. The number of amides is 3. The number of hydrogen-bond donors (Lipinski definition) is 6. The maximum atomic E-state index is 14.0. The number of aromatic carboxylic acids is 1. The molecule has 0 fully saturated rings. The zero-order valence-electron chi connectivity index (χ0n) is 21.6. The fraction of sp³-hybridized carbons (Fsp3) is 0.111. The average molecular weight is 583 g/mol. The van der Waals surface area contributed by atoms with Gasteiger partial charge in [-0.25, -0.2) is 9.59 Å². The molecule has 0 saturated carbocycles. The lowest BCUT2D eigenvalue weighted by Gasteiger charge is -2.19. The summed E-state index contributed by atoms with van der Waals surface area (Å²) in [5, 5.41) is 44.0. The van der Waals surface area contributed by atoms with Crippen LogP contribution in [0.4, 0.5) is 35.0 Å². The first-order chi connectivity index (χ1) is 19.7. The van der Waals surface area contributed by atoms with E-state index < -0.39 is 63.8 Å². The van der Waals surface area contributed by atoms with Crippen LogP contribution < -0.4 is 16.0 Å². The van der Waals surface area contributed by atoms with Gasteiger partial charge in [-0.2, -0.15) is 18.4 Å². The summed E-state index contributed by atoms with van der Waals surface area (Å²) >= 11 is 0. The molecule has 0 saturated heterocycles. The van der Waals surface area contributed by atoms with Crippen LogP contribution in [0.3, 0.4) is 0 Å². The summed E-state index contributed by atoms with van der Waals surface area (Å²) in [4.78, 5) is 47.8. The highest BCUT2D eigenvalue weighted by Gasteiger charge is 2.35. The van der Waals surface area contributed by atoms with E-state index in [1.165, 1.54) is 6.07 Å². The molecule has 12 nitrogen and oxygen atoms in total. The Morgan fingerprint density at radius 1 is 0.929 bits per heavy atom. The maximum Gasteiger partial charge on any atom is 0.417 e. The van der Waals surface area contributed by atoms with E-state index in [0.29, 0.717) is 6.07 Å². The van der Waals surface area contributed by atoms with Crippen LogP contribution in [0.1, 0.15) is 34.0 Å². The Hall–Kier alpha value is -5.91. The van der Waals surface area contributed by atoms with Crippen molar-refractivity contribution in [2.24, 2.45) is 0 Å². The number of carbonyl (C=O) groups excluding carboxylic acids is 3. The predicted molar refractivity (Wildman–Crippen MR) is 142 cm³/mol. The summed E-state index contributed by atoms with van der Waals surface area (Å²) in [6, 6.07) is 9.51. The van der Waals surface area contributed by atoms with Crippen LogP contribution in [-0.4, -0.2) is 46.9 Å². The van der Waals surface area contributed by atoms with Gasteiger partial charge >= 0.3 is 18.2 Å². The van der Waals surface area contributed by atoms with Gasteiger partial charge in [0.15, 0.2) is 0 Å². The van der Waals surface area contributed by atoms with Gasteiger partial charge in [0.2, 0.25) is 5.91 Å². The van der Waals surface area contributed by atoms with Crippen molar-refractivity contribution in [2.75, 3.05) is 23.1 Å². The molecule has 6 N–H and O–H groups in total. The second kappa shape index (κ2) is 12.1. The van der Waals surface area contributed by atoms with Gasteiger partial charge in [-0.15, -0.1) is 0 Å². The second-order valence-electron chi connectivity index (χ2n) is 8.48. The predicted octanol–water partition coefficient (Wildman–Crippen LogP) is 4.79. The normalized spacial score (nSPS) is 10.7. The smallest absolute Gasteiger partial charge is 0.417 e. The molecule has 0 spiro atoms. The summed E-state index contributed by atoms with van der Waals surface area (Å²) in [6.45, 7) is 1.06. The Morgan fingerprint density at radius 2 is 1.62 bits per heavy atom. The monoisotopic (exact) mass is 583 g/mol. The number of rotatable bonds is 7. The number of carboxylic acids is 1. The summed E-state index contributed by atoms with van der Waals surface area (Å²) in [5.41, 5.74) is -4.88. The number of nitrogens with one attached hydrogen (secondary N) is 4. The van der Waals surface area contributed by atoms with E-state index in [4.69, 9.17) is 10.7 Å². The van der Waals surface area contributed by atoms with Crippen LogP contribution in [0.25, 0.3) is 11.1 Å². The molecule has 216 valence electrons. The molecule has 3 aromatic rings. The molecule has 0 aliphatic rings. The number of anilines is 3. The molecule has 0 atom stereocenters. The first-order valence-corrected chi connectivity index (χ1v) is 11.5. The summed E-state index contributed by atoms with van der Waals surface area (Å²) in [7, 11) is 1.02. The fourth-order valence-corrected chi connectivity index (χ4v) is 3.77. The third-order valence-corrected chi connectivity index (χ3v) is 5.62. The molecule has 0 aliphatic heterocycles. The number of phenolic OH excluding ortho intramolecular Hbond substituents is 1. The highest BCUT2D eigenvalue weighted by Crippen LogP contribution is 2.43. The fourth-order valence-electron chi connectivity index (χ4n) is 3.77. The molecule has 42 heavy (non-hydrogen) atoms. The van der Waals surface area contributed by atoms with Gasteiger partial charge < -0.3 is 25.6 Å². The Labute approximate surface area is 234 Å². The summed E-state index contributed by atoms with van der Waals surface area (Å²) in [5.74, 6) is -4.25. The molecule has 3 amide bonds. The SMILES string of the molecule is COC(=O)Nc1ccc(-c2cc(O)c(C(=N)C(=O)Nc3ccc(C#N)cc3C(=O)O)cc2NC(C)=O)c(C(F)(F)F)c1. The van der Waals surface area contributed by atoms with Crippen LogP contribution in [0.5, 0.6) is 5.75 Å². The van der Waals surface area contributed by atoms with Crippen LogP contribution in [0.15, 0.2) is 48.5 Å². The van der Waals surface area contributed by atoms with Crippen molar-refractivity contribution in [1.29, 1.82) is 10.7 Å². The van der Waals surface area contributed by atoms with Gasteiger partial charge in [0.25, 0.3) is 5.91 Å². The Balaban J connectivity index is 2.10. The van der Waals surface area contributed by atoms with Gasteiger partial charge in [0, 0.05) is 29.4 Å². The van der Waals surface area contributed by atoms with Crippen molar-refractivity contribution >= 4 is 46.7 Å². The lowest BCUT2D eigenvalue weighted by molar-refractivity contribution is -0.137. The van der Waals surface area contributed by atoms with Gasteiger partial charge in [-0.05, 0) is 48.0 Å². The number of nitriles is 1. The van der Waals surface area contributed by atoms with E-state index in [1.807, 2.05) is 0 Å². The molecular formula is C27H20F3N5O7. The van der Waals surface area contributed by atoms with E-state index in [0.717, 1.165) is 50.4 Å². The van der Waals surface area contributed by atoms with Crippen molar-refractivity contribution in [3.05, 3.63) is 70.8 Å². The number of nitrogens with zero attached hydrogens (tertiary/aromatic N) is 1. The number of methoxy groups -OCH3 is 1. The summed E-state index contributed by atoms with van der Waals surface area (Å²) < 4.78 is 46.5. The van der Waals surface area contributed by atoms with Gasteiger partial charge in [-0.3, -0.25) is 20.3 Å². The van der Waals surface area contributed by atoms with Crippen LogP contribution in [0, 0.1) is 16.7 Å². The second-order valence-corrected chi connectivity index (χ2v) is 8.48. The number of ether oxygens (including phenoxy) is 1. The van der Waals surface area contributed by atoms with Crippen LogP contribution in [0.2, 0.25) is 0 Å². The van der Waals surface area contributed by atoms with Crippen molar-refractivity contribution in [3.63, 3.8) is 0 Å². The topological polar surface area (TPSA) is 202 Å². The van der Waals surface area contributed by atoms with Crippen molar-refractivity contribution in [3.8, 4) is 22.9 Å². The largest absolute Gasteiger partial charge is 0.507 e. The third-order valence-electron chi connectivity index (χ3n) is 5.62. The average Bonchev–Trinajstić information content (AvgIpc) is 2.92. The van der Waals surface area contributed by atoms with Crippen LogP contribution >= 0.6 is 0 Å². The molecular weight excluding hydrogens is 563 g/mol. The molecule has 0 radical (unpaired) electrons. The minimum absolute atomic E-state index is 0.0130. The quantitative estimate of drug-likeness (QED) is 0.168. The third kappa shape index (κ3) is 6.80. The molecule has 3 rings (SSSR count). The van der Waals surface area contributed by atoms with Gasteiger partial charge in [0.05, 0.1) is 35.6 Å². The van der Waals surface area contributed by atoms with Crippen molar-refractivity contribution in [2.45, 2.75) is 13.1 Å². The number of alkyl halides is 3. The van der Waals surface area contributed by atoms with E-state index in [1.54, 1.807) is 6.07 Å². The molecule has 0 bridgehead atoms. The van der Waals surface area contributed by atoms with E-state index in [9.17, 15) is 42.6 Å². The minimum atomic E-state index is -4.97. The number of hydrogen-bond acceptors (Lipinski definition) is 8. The number of phenols is 1. The Kier molecular flexibility index (Phi) is 8.81. The first kappa shape index (κ1) is 30.6. The van der Waals surface area contributed by atoms with Gasteiger partial charge in [0.1, 0.15) is 11.5 Å². The van der Waals surface area contributed by atoms with Crippen molar-refractivity contribution in [1.82, 2.24) is 0 Å². The molecule has 15 heteroatoms. The number of aromatic hydroxyl groups is 1. The lowest BCUT2D eigenvalue weighted by atomic mass is 9.94. The Bertz CT molecular complexity index is 1680. The standard InChI is InChI=1S/C27H20F3N5O7/c1-12(36)33-21-9-18(23(32)24(38)35-20-6-3-13(11-31)7-17(20)25(39)40)22(37)10-16(21)15-5-4-14(34-26(41)42-2)8-19(15)27(28,29)30/h3-10,32,37H,1-2H3,(H,33,36)(H,34,41)(H,35,38)(H,39,40). The Morgan fingerprint density at radius 3 is 2.19 bits per heavy atom. The first-order valence-electron chi connectivity index (χ1n) is 11.5. The molecule has 0 aliphatic carbocycles. The number of carbonyl (C=O) groups is 4. The van der Waals surface area contributed by atoms with Crippen molar-refractivity contribution < 1.29 is 47.3 Å². The number of benzene rings is 3. The van der Waals surface area contributed by atoms with Crippen LogP contribution in [-0.2, 0) is 20.5 Å². The summed E-state index contributed by atoms with van der Waals surface area (Å²) in [6.07, 6.45) is -5.99. The number of halogens is 3. The highest BCUT2D eigenvalue weighted by atomic mass is 19.4. The zero-order valence-corrected chi connectivity index (χ0v) is 21.6. The molecule has 3 aromatic carbocycles. The lowest BCUT2D eigenvalue weighted by Crippen LogP contribution is -2.24. The molecule has 0 unspecified atom stereocenters. The molecule has 0 aromatic heterocycles.